The van der Waals surface area contributed by atoms with E-state index >= 15 is 0 Å². The van der Waals surface area contributed by atoms with Gasteiger partial charge in [-0.1, -0.05) is 12.1 Å². The van der Waals surface area contributed by atoms with Crippen molar-refractivity contribution in [2.45, 2.75) is 32.1 Å². The molecule has 1 aliphatic heterocycles. The molecular formula is C17H19N5O2. The zero-order valence-electron chi connectivity index (χ0n) is 13.5. The molecule has 1 amide bonds. The van der Waals surface area contributed by atoms with E-state index in [4.69, 9.17) is 4.52 Å². The smallest absolute Gasteiger partial charge is 0.276 e. The Hall–Kier alpha value is -2.70. The Morgan fingerprint density at radius 2 is 2.38 bits per heavy atom. The SMILES string of the molecule is CCc1cc(C(=O)N2CCCC(c3ccc4cn[nH]c4n3)C2)no1. The number of aryl methyl sites for hydroxylation is 1. The number of aromatic amines is 1. The minimum atomic E-state index is -0.0641. The van der Waals surface area contributed by atoms with Crippen LogP contribution in [0.4, 0.5) is 0 Å². The highest BCUT2D eigenvalue weighted by molar-refractivity contribution is 5.92. The molecule has 0 spiro atoms. The summed E-state index contributed by atoms with van der Waals surface area (Å²) in [6.45, 7) is 3.37. The van der Waals surface area contributed by atoms with E-state index in [0.717, 1.165) is 48.3 Å². The molecule has 0 bridgehead atoms. The minimum Gasteiger partial charge on any atom is -0.361 e. The average molecular weight is 325 g/mol. The van der Waals surface area contributed by atoms with Crippen molar-refractivity contribution in [3.63, 3.8) is 0 Å². The second-order valence-electron chi connectivity index (χ2n) is 6.17. The third kappa shape index (κ3) is 2.66. The Bertz CT molecular complexity index is 869. The first kappa shape index (κ1) is 14.9. The lowest BCUT2D eigenvalue weighted by atomic mass is 9.94. The van der Waals surface area contributed by atoms with Gasteiger partial charge in [0.05, 0.1) is 6.20 Å². The van der Waals surface area contributed by atoms with Crippen molar-refractivity contribution in [3.05, 3.63) is 41.5 Å². The molecule has 7 nitrogen and oxygen atoms in total. The summed E-state index contributed by atoms with van der Waals surface area (Å²) in [5, 5.41) is 11.8. The first-order chi connectivity index (χ1) is 11.7. The second-order valence-corrected chi connectivity index (χ2v) is 6.17. The van der Waals surface area contributed by atoms with E-state index in [1.165, 1.54) is 0 Å². The van der Waals surface area contributed by atoms with Gasteiger partial charge in [-0.15, -0.1) is 0 Å². The number of H-pyrrole nitrogens is 1. The van der Waals surface area contributed by atoms with Crippen LogP contribution in [-0.2, 0) is 6.42 Å². The largest absolute Gasteiger partial charge is 0.361 e. The van der Waals surface area contributed by atoms with Gasteiger partial charge in [0.1, 0.15) is 5.76 Å². The van der Waals surface area contributed by atoms with Crippen molar-refractivity contribution < 1.29 is 9.32 Å². The molecule has 24 heavy (non-hydrogen) atoms. The standard InChI is InChI=1S/C17H19N5O2/c1-2-13-8-15(21-24-13)17(23)22-7-3-4-12(10-22)14-6-5-11-9-18-20-16(11)19-14/h5-6,8-9,12H,2-4,7,10H2,1H3,(H,18,19,20). The van der Waals surface area contributed by atoms with Gasteiger partial charge in [0.25, 0.3) is 5.91 Å². The van der Waals surface area contributed by atoms with E-state index in [1.807, 2.05) is 24.0 Å². The van der Waals surface area contributed by atoms with Crippen LogP contribution in [0.3, 0.4) is 0 Å². The summed E-state index contributed by atoms with van der Waals surface area (Å²) in [6, 6.07) is 5.79. The molecular weight excluding hydrogens is 306 g/mol. The molecule has 1 atom stereocenters. The van der Waals surface area contributed by atoms with Crippen LogP contribution in [0, 0.1) is 0 Å². The lowest BCUT2D eigenvalue weighted by molar-refractivity contribution is 0.0695. The molecule has 7 heteroatoms. The van der Waals surface area contributed by atoms with Gasteiger partial charge in [0, 0.05) is 42.6 Å². The summed E-state index contributed by atoms with van der Waals surface area (Å²) in [5.74, 6) is 0.900. The molecule has 1 unspecified atom stereocenters. The number of nitrogens with one attached hydrogen (secondary N) is 1. The van der Waals surface area contributed by atoms with Gasteiger partial charge < -0.3 is 9.42 Å². The van der Waals surface area contributed by atoms with Crippen LogP contribution in [0.15, 0.2) is 28.9 Å². The van der Waals surface area contributed by atoms with Crippen LogP contribution in [-0.4, -0.2) is 44.2 Å². The van der Waals surface area contributed by atoms with E-state index in [9.17, 15) is 4.79 Å². The van der Waals surface area contributed by atoms with Gasteiger partial charge in [-0.3, -0.25) is 9.89 Å². The zero-order chi connectivity index (χ0) is 16.5. The third-order valence-corrected chi connectivity index (χ3v) is 4.58. The maximum Gasteiger partial charge on any atom is 0.276 e. The normalized spacial score (nSPS) is 18.2. The number of piperidine rings is 1. The fraction of sp³-hybridized carbons (Fsp3) is 0.412. The van der Waals surface area contributed by atoms with Crippen LogP contribution < -0.4 is 0 Å². The maximum atomic E-state index is 12.6. The third-order valence-electron chi connectivity index (χ3n) is 4.58. The summed E-state index contributed by atoms with van der Waals surface area (Å²) < 4.78 is 5.16. The lowest BCUT2D eigenvalue weighted by Gasteiger charge is -2.32. The fourth-order valence-corrected chi connectivity index (χ4v) is 3.21. The van der Waals surface area contributed by atoms with Crippen LogP contribution in [0.1, 0.15) is 47.6 Å². The van der Waals surface area contributed by atoms with Crippen molar-refractivity contribution in [1.82, 2.24) is 25.2 Å². The van der Waals surface area contributed by atoms with Crippen molar-refractivity contribution in [2.75, 3.05) is 13.1 Å². The summed E-state index contributed by atoms with van der Waals surface area (Å²) in [7, 11) is 0. The number of likely N-dealkylation sites (tertiary alicyclic amines) is 1. The van der Waals surface area contributed by atoms with E-state index in [2.05, 4.69) is 20.3 Å². The predicted molar refractivity (Wildman–Crippen MR) is 87.6 cm³/mol. The molecule has 4 rings (SSSR count). The van der Waals surface area contributed by atoms with Crippen molar-refractivity contribution in [1.29, 1.82) is 0 Å². The van der Waals surface area contributed by atoms with E-state index < -0.39 is 0 Å². The molecule has 0 aliphatic carbocycles. The van der Waals surface area contributed by atoms with Gasteiger partial charge in [-0.05, 0) is 25.0 Å². The molecule has 3 aromatic rings. The molecule has 1 fully saturated rings. The van der Waals surface area contributed by atoms with Gasteiger partial charge in [-0.2, -0.15) is 5.10 Å². The van der Waals surface area contributed by atoms with Crippen LogP contribution >= 0.6 is 0 Å². The van der Waals surface area contributed by atoms with Crippen molar-refractivity contribution in [3.8, 4) is 0 Å². The Balaban J connectivity index is 1.53. The molecule has 1 aliphatic rings. The second kappa shape index (κ2) is 6.07. The molecule has 1 N–H and O–H groups in total. The van der Waals surface area contributed by atoms with Gasteiger partial charge in [-0.25, -0.2) is 4.98 Å². The number of fused-ring (bicyclic) bond motifs is 1. The monoisotopic (exact) mass is 325 g/mol. The number of rotatable bonds is 3. The Kier molecular flexibility index (Phi) is 3.76. The molecule has 0 radical (unpaired) electrons. The van der Waals surface area contributed by atoms with Gasteiger partial charge in [0.2, 0.25) is 0 Å². The lowest BCUT2D eigenvalue weighted by Crippen LogP contribution is -2.39. The van der Waals surface area contributed by atoms with E-state index in [1.54, 1.807) is 12.3 Å². The summed E-state index contributed by atoms with van der Waals surface area (Å²) in [4.78, 5) is 19.1. The number of carbonyl (C=O) groups is 1. The minimum absolute atomic E-state index is 0.0641. The molecule has 4 heterocycles. The topological polar surface area (TPSA) is 87.9 Å². The zero-order valence-corrected chi connectivity index (χ0v) is 13.5. The Labute approximate surface area is 139 Å². The average Bonchev–Trinajstić information content (AvgIpc) is 3.29. The van der Waals surface area contributed by atoms with Crippen molar-refractivity contribution in [2.24, 2.45) is 0 Å². The Morgan fingerprint density at radius 1 is 1.46 bits per heavy atom. The van der Waals surface area contributed by atoms with E-state index in [0.29, 0.717) is 12.2 Å². The number of hydrogen-bond acceptors (Lipinski definition) is 5. The summed E-state index contributed by atoms with van der Waals surface area (Å²) >= 11 is 0. The van der Waals surface area contributed by atoms with Crippen molar-refractivity contribution >= 4 is 16.9 Å². The number of pyridine rings is 1. The van der Waals surface area contributed by atoms with Crippen LogP contribution in [0.25, 0.3) is 11.0 Å². The number of nitrogens with zero attached hydrogens (tertiary/aromatic N) is 4. The van der Waals surface area contributed by atoms with E-state index in [-0.39, 0.29) is 11.8 Å². The molecule has 3 aromatic heterocycles. The fourth-order valence-electron chi connectivity index (χ4n) is 3.21. The Morgan fingerprint density at radius 3 is 3.21 bits per heavy atom. The summed E-state index contributed by atoms with van der Waals surface area (Å²) in [6.07, 6.45) is 4.47. The highest BCUT2D eigenvalue weighted by Crippen LogP contribution is 2.27. The van der Waals surface area contributed by atoms with Crippen LogP contribution in [0.5, 0.6) is 0 Å². The highest BCUT2D eigenvalue weighted by atomic mass is 16.5. The summed E-state index contributed by atoms with van der Waals surface area (Å²) in [5.41, 5.74) is 2.18. The molecule has 1 saturated heterocycles. The number of carbonyl (C=O) groups excluding carboxylic acids is 1. The predicted octanol–water partition coefficient (Wildman–Crippen LogP) is 2.53. The molecule has 0 saturated carbocycles. The number of hydrogen-bond donors (Lipinski definition) is 1. The van der Waals surface area contributed by atoms with Crippen LogP contribution in [0.2, 0.25) is 0 Å². The maximum absolute atomic E-state index is 12.6. The first-order valence-electron chi connectivity index (χ1n) is 8.29. The van der Waals surface area contributed by atoms with Gasteiger partial charge >= 0.3 is 0 Å². The molecule has 0 aromatic carbocycles. The highest BCUT2D eigenvalue weighted by Gasteiger charge is 2.28. The first-order valence-corrected chi connectivity index (χ1v) is 8.29. The molecule has 124 valence electrons. The van der Waals surface area contributed by atoms with Gasteiger partial charge in [0.15, 0.2) is 11.3 Å². The number of amides is 1. The quantitative estimate of drug-likeness (QED) is 0.799. The number of aromatic nitrogens is 4.